The van der Waals surface area contributed by atoms with Crippen LogP contribution in [0, 0.1) is 5.92 Å². The minimum Gasteiger partial charge on any atom is -0.328 e. The highest BCUT2D eigenvalue weighted by atomic mass is 35.5. The zero-order chi connectivity index (χ0) is 14.5. The number of carbonyl (C=O) groups is 1. The molecule has 0 radical (unpaired) electrons. The van der Waals surface area contributed by atoms with Crippen LogP contribution in [0.1, 0.15) is 31.2 Å². The van der Waals surface area contributed by atoms with Crippen LogP contribution in [-0.4, -0.2) is 30.9 Å². The number of nitrogens with two attached hydrogens (primary N) is 1. The van der Waals surface area contributed by atoms with E-state index >= 15 is 0 Å². The van der Waals surface area contributed by atoms with E-state index in [1.54, 1.807) is 0 Å². The first-order valence-corrected chi connectivity index (χ1v) is 7.34. The monoisotopic (exact) mass is 347 g/mol. The van der Waals surface area contributed by atoms with E-state index in [0.29, 0.717) is 0 Å². The molecule has 2 rings (SSSR count). The molecule has 0 heterocycles. The van der Waals surface area contributed by atoms with Crippen molar-refractivity contribution in [1.29, 1.82) is 0 Å². The summed E-state index contributed by atoms with van der Waals surface area (Å²) < 4.78 is 0. The van der Waals surface area contributed by atoms with Crippen molar-refractivity contribution < 1.29 is 4.79 Å². The summed E-state index contributed by atoms with van der Waals surface area (Å²) in [5.41, 5.74) is 8.03. The molecule has 1 aliphatic rings. The van der Waals surface area contributed by atoms with E-state index in [2.05, 4.69) is 16.3 Å². The second kappa shape index (κ2) is 10.1. The average molecular weight is 348 g/mol. The molecular weight excluding hydrogens is 321 g/mol. The van der Waals surface area contributed by atoms with Gasteiger partial charge >= 0.3 is 0 Å². The summed E-state index contributed by atoms with van der Waals surface area (Å²) in [6, 6.07) is 8.23. The summed E-state index contributed by atoms with van der Waals surface area (Å²) >= 11 is 0. The van der Waals surface area contributed by atoms with Gasteiger partial charge in [-0.15, -0.1) is 24.8 Å². The van der Waals surface area contributed by atoms with Crippen LogP contribution in [0.4, 0.5) is 5.69 Å². The molecule has 1 saturated carbocycles. The third kappa shape index (κ3) is 6.53. The molecular formula is C16H27Cl2N3O. The molecule has 0 aliphatic heterocycles. The molecule has 2 unspecified atom stereocenters. The van der Waals surface area contributed by atoms with Gasteiger partial charge in [-0.05, 0) is 51.1 Å². The number of amides is 1. The van der Waals surface area contributed by atoms with E-state index in [1.165, 1.54) is 5.56 Å². The molecule has 1 amide bonds. The lowest BCUT2D eigenvalue weighted by atomic mass is 9.85. The lowest BCUT2D eigenvalue weighted by Gasteiger charge is -2.25. The van der Waals surface area contributed by atoms with E-state index in [9.17, 15) is 4.79 Å². The zero-order valence-corrected chi connectivity index (χ0v) is 14.9. The highest BCUT2D eigenvalue weighted by molar-refractivity contribution is 5.92. The fourth-order valence-electron chi connectivity index (χ4n) is 2.82. The van der Waals surface area contributed by atoms with Crippen LogP contribution >= 0.6 is 24.8 Å². The number of hydrogen-bond donors (Lipinski definition) is 2. The Morgan fingerprint density at radius 3 is 2.68 bits per heavy atom. The predicted molar refractivity (Wildman–Crippen MR) is 96.9 cm³/mol. The molecule has 0 aromatic heterocycles. The first kappa shape index (κ1) is 21.2. The number of carbonyl (C=O) groups excluding carboxylic acids is 1. The van der Waals surface area contributed by atoms with Gasteiger partial charge in [-0.2, -0.15) is 0 Å². The summed E-state index contributed by atoms with van der Waals surface area (Å²) in [6.07, 6.45) is 3.86. The second-order valence-electron chi connectivity index (χ2n) is 6.05. The minimum atomic E-state index is 0. The van der Waals surface area contributed by atoms with Crippen molar-refractivity contribution in [3.8, 4) is 0 Å². The van der Waals surface area contributed by atoms with Gasteiger partial charge in [0.1, 0.15) is 0 Å². The number of nitrogens with zero attached hydrogens (tertiary/aromatic N) is 1. The topological polar surface area (TPSA) is 58.4 Å². The molecule has 1 aromatic carbocycles. The van der Waals surface area contributed by atoms with Gasteiger partial charge < -0.3 is 16.0 Å². The SMILES string of the molecule is CN(C)Cc1cccc(NC(=O)C2CCCC(N)C2)c1.Cl.Cl. The number of halogens is 2. The molecule has 0 bridgehead atoms. The van der Waals surface area contributed by atoms with Crippen LogP contribution < -0.4 is 11.1 Å². The summed E-state index contributed by atoms with van der Waals surface area (Å²) in [5, 5.41) is 3.03. The highest BCUT2D eigenvalue weighted by Crippen LogP contribution is 2.24. The molecule has 0 saturated heterocycles. The highest BCUT2D eigenvalue weighted by Gasteiger charge is 2.25. The largest absolute Gasteiger partial charge is 0.328 e. The van der Waals surface area contributed by atoms with E-state index in [1.807, 2.05) is 32.3 Å². The maximum atomic E-state index is 12.3. The second-order valence-corrected chi connectivity index (χ2v) is 6.05. The van der Waals surface area contributed by atoms with Crippen molar-refractivity contribution in [2.24, 2.45) is 11.7 Å². The number of anilines is 1. The molecule has 6 heteroatoms. The normalized spacial score (nSPS) is 20.7. The molecule has 2 atom stereocenters. The zero-order valence-electron chi connectivity index (χ0n) is 13.2. The Hall–Kier alpha value is -0.810. The number of nitrogens with one attached hydrogen (secondary N) is 1. The van der Waals surface area contributed by atoms with Crippen molar-refractivity contribution >= 4 is 36.4 Å². The fourth-order valence-corrected chi connectivity index (χ4v) is 2.82. The Morgan fingerprint density at radius 1 is 1.32 bits per heavy atom. The van der Waals surface area contributed by atoms with Crippen LogP contribution in [0.25, 0.3) is 0 Å². The van der Waals surface area contributed by atoms with E-state index in [-0.39, 0.29) is 42.7 Å². The Morgan fingerprint density at radius 2 is 2.05 bits per heavy atom. The third-order valence-electron chi connectivity index (χ3n) is 3.78. The number of rotatable bonds is 4. The van der Waals surface area contributed by atoms with Crippen molar-refractivity contribution in [2.45, 2.75) is 38.3 Å². The van der Waals surface area contributed by atoms with Crippen LogP contribution in [-0.2, 0) is 11.3 Å². The van der Waals surface area contributed by atoms with Crippen LogP contribution in [0.2, 0.25) is 0 Å². The van der Waals surface area contributed by atoms with E-state index in [0.717, 1.165) is 37.9 Å². The molecule has 1 aliphatic carbocycles. The Balaban J connectivity index is 0.00000220. The van der Waals surface area contributed by atoms with Gasteiger partial charge in [0.15, 0.2) is 0 Å². The standard InChI is InChI=1S/C16H25N3O.2ClH/c1-19(2)11-12-5-3-8-15(9-12)18-16(20)13-6-4-7-14(17)10-13;;/h3,5,8-9,13-14H,4,6-7,10-11,17H2,1-2H3,(H,18,20);2*1H. The third-order valence-corrected chi connectivity index (χ3v) is 3.78. The minimum absolute atomic E-state index is 0. The van der Waals surface area contributed by atoms with Gasteiger partial charge in [0, 0.05) is 24.2 Å². The number of benzene rings is 1. The molecule has 4 nitrogen and oxygen atoms in total. The smallest absolute Gasteiger partial charge is 0.227 e. The first-order valence-electron chi connectivity index (χ1n) is 7.34. The van der Waals surface area contributed by atoms with Crippen molar-refractivity contribution in [3.05, 3.63) is 29.8 Å². The van der Waals surface area contributed by atoms with Crippen LogP contribution in [0.15, 0.2) is 24.3 Å². The van der Waals surface area contributed by atoms with Gasteiger partial charge in [-0.1, -0.05) is 18.6 Å². The van der Waals surface area contributed by atoms with Crippen LogP contribution in [0.5, 0.6) is 0 Å². The number of hydrogen-bond acceptors (Lipinski definition) is 3. The predicted octanol–water partition coefficient (Wildman–Crippen LogP) is 3.05. The molecule has 22 heavy (non-hydrogen) atoms. The lowest BCUT2D eigenvalue weighted by Crippen LogP contribution is -2.34. The molecule has 0 spiro atoms. The Bertz CT molecular complexity index is 468. The molecule has 1 fully saturated rings. The van der Waals surface area contributed by atoms with Crippen molar-refractivity contribution in [3.63, 3.8) is 0 Å². The quantitative estimate of drug-likeness (QED) is 0.879. The first-order chi connectivity index (χ1) is 9.54. The van der Waals surface area contributed by atoms with Gasteiger partial charge in [0.25, 0.3) is 0 Å². The molecule has 3 N–H and O–H groups in total. The maximum absolute atomic E-state index is 12.3. The van der Waals surface area contributed by atoms with Gasteiger partial charge in [0.05, 0.1) is 0 Å². The van der Waals surface area contributed by atoms with Gasteiger partial charge in [-0.3, -0.25) is 4.79 Å². The lowest BCUT2D eigenvalue weighted by molar-refractivity contribution is -0.120. The maximum Gasteiger partial charge on any atom is 0.227 e. The molecule has 1 aromatic rings. The average Bonchev–Trinajstić information content (AvgIpc) is 2.38. The van der Waals surface area contributed by atoms with E-state index in [4.69, 9.17) is 5.73 Å². The summed E-state index contributed by atoms with van der Waals surface area (Å²) in [5.74, 6) is 0.179. The molecule has 126 valence electrons. The summed E-state index contributed by atoms with van der Waals surface area (Å²) in [4.78, 5) is 14.4. The van der Waals surface area contributed by atoms with Crippen molar-refractivity contribution in [1.82, 2.24) is 4.90 Å². The van der Waals surface area contributed by atoms with Crippen molar-refractivity contribution in [2.75, 3.05) is 19.4 Å². The summed E-state index contributed by atoms with van der Waals surface area (Å²) in [6.45, 7) is 0.873. The van der Waals surface area contributed by atoms with E-state index < -0.39 is 0 Å². The fraction of sp³-hybridized carbons (Fsp3) is 0.562. The van der Waals surface area contributed by atoms with Crippen LogP contribution in [0.3, 0.4) is 0 Å². The summed E-state index contributed by atoms with van der Waals surface area (Å²) in [7, 11) is 4.07. The Kier molecular flexibility index (Phi) is 9.69. The van der Waals surface area contributed by atoms with Gasteiger partial charge in [0.2, 0.25) is 5.91 Å². The van der Waals surface area contributed by atoms with Gasteiger partial charge in [-0.25, -0.2) is 0 Å². The Labute approximate surface area is 145 Å².